The summed E-state index contributed by atoms with van der Waals surface area (Å²) in [7, 11) is -3.22. The molecule has 2 aliphatic rings. The predicted molar refractivity (Wildman–Crippen MR) is 85.0 cm³/mol. The molecule has 1 saturated heterocycles. The number of anilines is 1. The summed E-state index contributed by atoms with van der Waals surface area (Å²) in [6.45, 7) is 1.78. The van der Waals surface area contributed by atoms with Crippen LogP contribution in [0.25, 0.3) is 0 Å². The van der Waals surface area contributed by atoms with E-state index >= 15 is 0 Å². The Bertz CT molecular complexity index is 767. The molecule has 0 spiro atoms. The minimum absolute atomic E-state index is 0.131. The van der Waals surface area contributed by atoms with Crippen molar-refractivity contribution in [3.63, 3.8) is 0 Å². The molecule has 0 aliphatic carbocycles. The summed E-state index contributed by atoms with van der Waals surface area (Å²) in [5, 5.41) is 12.1. The fourth-order valence-electron chi connectivity index (χ4n) is 2.78. The van der Waals surface area contributed by atoms with Crippen LogP contribution in [0.4, 0.5) is 5.13 Å². The molecule has 1 aromatic heterocycles. The Kier molecular flexibility index (Phi) is 4.27. The highest BCUT2D eigenvalue weighted by molar-refractivity contribution is 7.88. The SMILES string of the molecule is CS(=O)(=O)N1CCc2nc(NC(=O)[C@H]3CCN(C#N)C3)sc2C1. The van der Waals surface area contributed by atoms with Crippen molar-refractivity contribution < 1.29 is 13.2 Å². The molecule has 0 saturated carbocycles. The molecule has 10 heteroatoms. The van der Waals surface area contributed by atoms with Gasteiger partial charge in [-0.3, -0.25) is 4.79 Å². The highest BCUT2D eigenvalue weighted by atomic mass is 32.2. The van der Waals surface area contributed by atoms with Crippen LogP contribution in [-0.2, 0) is 27.8 Å². The number of rotatable bonds is 3. The van der Waals surface area contributed by atoms with Crippen LogP contribution in [0.2, 0.25) is 0 Å². The molecule has 0 aromatic carbocycles. The van der Waals surface area contributed by atoms with Gasteiger partial charge in [-0.15, -0.1) is 11.3 Å². The van der Waals surface area contributed by atoms with Gasteiger partial charge in [0.25, 0.3) is 0 Å². The summed E-state index contributed by atoms with van der Waals surface area (Å²) in [5.74, 6) is -0.336. The largest absolute Gasteiger partial charge is 0.310 e. The molecule has 0 unspecified atom stereocenters. The number of thiazole rings is 1. The lowest BCUT2D eigenvalue weighted by Gasteiger charge is -2.23. The summed E-state index contributed by atoms with van der Waals surface area (Å²) in [5.41, 5.74) is 0.857. The van der Waals surface area contributed by atoms with Crippen LogP contribution in [0.15, 0.2) is 0 Å². The zero-order valence-electron chi connectivity index (χ0n) is 12.7. The van der Waals surface area contributed by atoms with Gasteiger partial charge in [0.1, 0.15) is 0 Å². The number of hydrogen-bond acceptors (Lipinski definition) is 7. The average molecular weight is 355 g/mol. The summed E-state index contributed by atoms with van der Waals surface area (Å²) in [6, 6.07) is 0. The van der Waals surface area contributed by atoms with Crippen LogP contribution in [0.5, 0.6) is 0 Å². The molecule has 124 valence electrons. The Morgan fingerprint density at radius 1 is 1.48 bits per heavy atom. The van der Waals surface area contributed by atoms with Gasteiger partial charge < -0.3 is 10.2 Å². The second-order valence-electron chi connectivity index (χ2n) is 5.76. The van der Waals surface area contributed by atoms with Crippen molar-refractivity contribution in [2.24, 2.45) is 5.92 Å². The lowest BCUT2D eigenvalue weighted by atomic mass is 10.1. The van der Waals surface area contributed by atoms with E-state index in [9.17, 15) is 13.2 Å². The summed E-state index contributed by atoms with van der Waals surface area (Å²) < 4.78 is 24.7. The first-order chi connectivity index (χ1) is 10.9. The smallest absolute Gasteiger partial charge is 0.231 e. The van der Waals surface area contributed by atoms with Gasteiger partial charge in [0.05, 0.1) is 17.9 Å². The predicted octanol–water partition coefficient (Wildman–Crippen LogP) is 0.202. The molecule has 0 bridgehead atoms. The van der Waals surface area contributed by atoms with Gasteiger partial charge in [0.2, 0.25) is 15.9 Å². The number of hydrogen-bond donors (Lipinski definition) is 1. The van der Waals surface area contributed by atoms with E-state index in [-0.39, 0.29) is 11.8 Å². The minimum atomic E-state index is -3.22. The standard InChI is InChI=1S/C13H17N5O3S2/c1-23(20,21)18-5-3-10-11(7-18)22-13(15-10)16-12(19)9-2-4-17(6-9)8-14/h9H,2-7H2,1H3,(H,15,16,19)/t9-/m0/s1. The molecule has 3 rings (SSSR count). The summed E-state index contributed by atoms with van der Waals surface area (Å²) >= 11 is 1.32. The van der Waals surface area contributed by atoms with Crippen LogP contribution in [-0.4, -0.2) is 54.4 Å². The number of carbonyl (C=O) groups is 1. The second-order valence-corrected chi connectivity index (χ2v) is 8.82. The van der Waals surface area contributed by atoms with Gasteiger partial charge in [-0.25, -0.2) is 13.4 Å². The average Bonchev–Trinajstić information content (AvgIpc) is 3.11. The van der Waals surface area contributed by atoms with Crippen LogP contribution in [0.1, 0.15) is 17.0 Å². The number of nitrogens with zero attached hydrogens (tertiary/aromatic N) is 4. The first kappa shape index (κ1) is 16.2. The topological polar surface area (TPSA) is 106 Å². The van der Waals surface area contributed by atoms with Crippen LogP contribution >= 0.6 is 11.3 Å². The van der Waals surface area contributed by atoms with E-state index < -0.39 is 10.0 Å². The number of amides is 1. The molecular weight excluding hydrogens is 338 g/mol. The Labute approximate surface area is 138 Å². The molecule has 23 heavy (non-hydrogen) atoms. The minimum Gasteiger partial charge on any atom is -0.310 e. The summed E-state index contributed by atoms with van der Waals surface area (Å²) in [4.78, 5) is 19.1. The van der Waals surface area contributed by atoms with Crippen molar-refractivity contribution in [3.05, 3.63) is 10.6 Å². The van der Waals surface area contributed by atoms with E-state index in [4.69, 9.17) is 5.26 Å². The zero-order valence-corrected chi connectivity index (χ0v) is 14.3. The first-order valence-corrected chi connectivity index (χ1v) is 9.92. The maximum atomic E-state index is 12.2. The van der Waals surface area contributed by atoms with Gasteiger partial charge in [-0.1, -0.05) is 0 Å². The Morgan fingerprint density at radius 3 is 2.91 bits per heavy atom. The maximum Gasteiger partial charge on any atom is 0.231 e. The van der Waals surface area contributed by atoms with Crippen molar-refractivity contribution in [3.8, 4) is 6.19 Å². The Hall–Kier alpha value is -1.70. The van der Waals surface area contributed by atoms with Gasteiger partial charge in [-0.2, -0.15) is 9.57 Å². The van der Waals surface area contributed by atoms with Gasteiger partial charge >= 0.3 is 0 Å². The molecule has 1 fully saturated rings. The van der Waals surface area contributed by atoms with Crippen molar-refractivity contribution in [1.29, 1.82) is 5.26 Å². The number of sulfonamides is 1. The second kappa shape index (κ2) is 6.07. The number of fused-ring (bicyclic) bond motifs is 1. The Balaban J connectivity index is 1.66. The number of nitrogens with one attached hydrogen (secondary N) is 1. The Morgan fingerprint density at radius 2 is 2.26 bits per heavy atom. The third kappa shape index (κ3) is 3.46. The molecule has 0 radical (unpaired) electrons. The van der Waals surface area contributed by atoms with Crippen molar-refractivity contribution >= 4 is 32.4 Å². The highest BCUT2D eigenvalue weighted by Crippen LogP contribution is 2.30. The van der Waals surface area contributed by atoms with Crippen LogP contribution < -0.4 is 5.32 Å². The fourth-order valence-corrected chi connectivity index (χ4v) is 4.68. The van der Waals surface area contributed by atoms with E-state index in [2.05, 4.69) is 10.3 Å². The highest BCUT2D eigenvalue weighted by Gasteiger charge is 2.30. The normalized spacial score (nSPS) is 21.7. The third-order valence-electron chi connectivity index (χ3n) is 4.10. The first-order valence-electron chi connectivity index (χ1n) is 7.26. The van der Waals surface area contributed by atoms with E-state index in [1.54, 1.807) is 4.90 Å². The fraction of sp³-hybridized carbons (Fsp3) is 0.615. The van der Waals surface area contributed by atoms with Gasteiger partial charge in [0.15, 0.2) is 11.3 Å². The molecule has 1 N–H and O–H groups in total. The van der Waals surface area contributed by atoms with E-state index in [1.165, 1.54) is 21.9 Å². The summed E-state index contributed by atoms with van der Waals surface area (Å²) in [6.07, 6.45) is 4.46. The van der Waals surface area contributed by atoms with Gasteiger partial charge in [-0.05, 0) is 6.42 Å². The molecule has 1 atom stereocenters. The number of nitriles is 1. The molecular formula is C13H17N5O3S2. The lowest BCUT2D eigenvalue weighted by molar-refractivity contribution is -0.119. The molecule has 3 heterocycles. The van der Waals surface area contributed by atoms with Crippen molar-refractivity contribution in [2.75, 3.05) is 31.2 Å². The van der Waals surface area contributed by atoms with Gasteiger partial charge in [0, 0.05) is 37.5 Å². The molecule has 8 nitrogen and oxygen atoms in total. The quantitative estimate of drug-likeness (QED) is 0.777. The van der Waals surface area contributed by atoms with Crippen molar-refractivity contribution in [1.82, 2.24) is 14.2 Å². The molecule has 1 aromatic rings. The lowest BCUT2D eigenvalue weighted by Crippen LogP contribution is -2.34. The monoisotopic (exact) mass is 355 g/mol. The maximum absolute atomic E-state index is 12.2. The van der Waals surface area contributed by atoms with E-state index in [0.29, 0.717) is 44.2 Å². The van der Waals surface area contributed by atoms with Crippen LogP contribution in [0.3, 0.4) is 0 Å². The number of likely N-dealkylation sites (tertiary alicyclic amines) is 1. The molecule has 2 aliphatic heterocycles. The van der Waals surface area contributed by atoms with E-state index in [1.807, 2.05) is 6.19 Å². The zero-order chi connectivity index (χ0) is 16.6. The number of carbonyl (C=O) groups excluding carboxylic acids is 1. The molecule has 1 amide bonds. The third-order valence-corrected chi connectivity index (χ3v) is 6.34. The van der Waals surface area contributed by atoms with Crippen molar-refractivity contribution in [2.45, 2.75) is 19.4 Å². The number of aromatic nitrogens is 1. The van der Waals surface area contributed by atoms with E-state index in [0.717, 1.165) is 10.6 Å². The van der Waals surface area contributed by atoms with Crippen LogP contribution in [0, 0.1) is 17.4 Å².